The van der Waals surface area contributed by atoms with E-state index in [0.29, 0.717) is 5.75 Å². The first kappa shape index (κ1) is 15.2. The molecular weight excluding hydrogens is 266 g/mol. The Morgan fingerprint density at radius 2 is 1.84 bits per heavy atom. The summed E-state index contributed by atoms with van der Waals surface area (Å²) in [5, 5.41) is 11.4. The molecule has 0 aliphatic heterocycles. The van der Waals surface area contributed by atoms with Crippen LogP contribution in [0.1, 0.15) is 34.1 Å². The Morgan fingerprint density at radius 3 is 2.32 bits per heavy atom. The van der Waals surface area contributed by atoms with Crippen LogP contribution in [-0.2, 0) is 4.79 Å². The molecular formula is C13H15NO4S. The van der Waals surface area contributed by atoms with Crippen molar-refractivity contribution in [1.82, 2.24) is 5.32 Å². The molecule has 5 nitrogen and oxygen atoms in total. The number of rotatable bonds is 6. The number of thiol groups is 1. The maximum absolute atomic E-state index is 12.0. The van der Waals surface area contributed by atoms with Crippen molar-refractivity contribution in [1.29, 1.82) is 0 Å². The first-order valence-corrected chi connectivity index (χ1v) is 6.35. The van der Waals surface area contributed by atoms with Crippen LogP contribution >= 0.6 is 12.6 Å². The minimum absolute atomic E-state index is 0.181. The summed E-state index contributed by atoms with van der Waals surface area (Å²) in [6.45, 7) is 1.36. The van der Waals surface area contributed by atoms with E-state index in [1.54, 1.807) is 12.1 Å². The number of carbonyl (C=O) groups excluding carboxylic acids is 2. The Labute approximate surface area is 116 Å². The van der Waals surface area contributed by atoms with Crippen LogP contribution in [0.5, 0.6) is 0 Å². The van der Waals surface area contributed by atoms with Gasteiger partial charge in [0.25, 0.3) is 5.91 Å². The predicted molar refractivity (Wildman–Crippen MR) is 73.8 cm³/mol. The van der Waals surface area contributed by atoms with Gasteiger partial charge in [0.2, 0.25) is 0 Å². The standard InChI is InChI=1S/C13H15NO4S/c1-8(15)9-4-2-3-5-10(9)12(16)14-11(6-7-19)13(17)18/h2-5,11,19H,6-7H2,1H3,(H,14,16)(H,17,18)/t11-/m0/s1. The highest BCUT2D eigenvalue weighted by Crippen LogP contribution is 2.10. The lowest BCUT2D eigenvalue weighted by atomic mass is 10.0. The molecule has 1 atom stereocenters. The maximum Gasteiger partial charge on any atom is 0.326 e. The van der Waals surface area contributed by atoms with E-state index < -0.39 is 17.9 Å². The molecule has 0 saturated carbocycles. The molecule has 0 aliphatic carbocycles. The van der Waals surface area contributed by atoms with Gasteiger partial charge in [0, 0.05) is 5.56 Å². The van der Waals surface area contributed by atoms with Gasteiger partial charge >= 0.3 is 5.97 Å². The summed E-state index contributed by atoms with van der Waals surface area (Å²) < 4.78 is 0. The number of amides is 1. The van der Waals surface area contributed by atoms with Crippen molar-refractivity contribution < 1.29 is 19.5 Å². The van der Waals surface area contributed by atoms with Crippen molar-refractivity contribution >= 4 is 30.3 Å². The van der Waals surface area contributed by atoms with Gasteiger partial charge in [-0.25, -0.2) is 4.79 Å². The van der Waals surface area contributed by atoms with E-state index in [0.717, 1.165) is 0 Å². The zero-order valence-electron chi connectivity index (χ0n) is 10.4. The molecule has 0 heterocycles. The van der Waals surface area contributed by atoms with Gasteiger partial charge in [-0.05, 0) is 25.2 Å². The second-order valence-corrected chi connectivity index (χ2v) is 4.43. The highest BCUT2D eigenvalue weighted by molar-refractivity contribution is 7.80. The molecule has 0 fully saturated rings. The number of hydrogen-bond acceptors (Lipinski definition) is 4. The minimum Gasteiger partial charge on any atom is -0.480 e. The molecule has 1 rings (SSSR count). The number of carboxylic acids is 1. The second kappa shape index (κ2) is 6.94. The molecule has 102 valence electrons. The van der Waals surface area contributed by atoms with Gasteiger partial charge in [-0.1, -0.05) is 18.2 Å². The Kier molecular flexibility index (Phi) is 5.57. The summed E-state index contributed by atoms with van der Waals surface area (Å²) in [6.07, 6.45) is 0.215. The average Bonchev–Trinajstić information content (AvgIpc) is 2.37. The Bertz CT molecular complexity index is 501. The fraction of sp³-hybridized carbons (Fsp3) is 0.308. The van der Waals surface area contributed by atoms with E-state index in [1.807, 2.05) is 0 Å². The van der Waals surface area contributed by atoms with Crippen molar-refractivity contribution in [3.63, 3.8) is 0 Å². The Hall–Kier alpha value is -1.82. The van der Waals surface area contributed by atoms with Crippen molar-refractivity contribution in [2.24, 2.45) is 0 Å². The largest absolute Gasteiger partial charge is 0.480 e. The van der Waals surface area contributed by atoms with Gasteiger partial charge in [0.1, 0.15) is 6.04 Å². The maximum atomic E-state index is 12.0. The molecule has 1 aromatic carbocycles. The number of carbonyl (C=O) groups is 3. The van der Waals surface area contributed by atoms with Crippen LogP contribution in [0, 0.1) is 0 Å². The molecule has 0 radical (unpaired) electrons. The lowest BCUT2D eigenvalue weighted by Crippen LogP contribution is -2.41. The van der Waals surface area contributed by atoms with Crippen LogP contribution in [0.3, 0.4) is 0 Å². The first-order chi connectivity index (χ1) is 8.97. The summed E-state index contributed by atoms with van der Waals surface area (Å²) in [6, 6.07) is 5.29. The molecule has 19 heavy (non-hydrogen) atoms. The number of benzene rings is 1. The summed E-state index contributed by atoms with van der Waals surface area (Å²) in [5.41, 5.74) is 0.454. The smallest absolute Gasteiger partial charge is 0.326 e. The number of carboxylic acid groups (broad SMARTS) is 1. The third-order valence-corrected chi connectivity index (χ3v) is 2.83. The zero-order chi connectivity index (χ0) is 14.4. The highest BCUT2D eigenvalue weighted by Gasteiger charge is 2.21. The second-order valence-electron chi connectivity index (χ2n) is 3.98. The number of aliphatic carboxylic acids is 1. The fourth-order valence-corrected chi connectivity index (χ4v) is 1.87. The molecule has 0 unspecified atom stereocenters. The van der Waals surface area contributed by atoms with Gasteiger partial charge in [0.15, 0.2) is 5.78 Å². The van der Waals surface area contributed by atoms with Crippen LogP contribution in [0.25, 0.3) is 0 Å². The Morgan fingerprint density at radius 1 is 1.26 bits per heavy atom. The first-order valence-electron chi connectivity index (χ1n) is 5.72. The van der Waals surface area contributed by atoms with Gasteiger partial charge < -0.3 is 10.4 Å². The molecule has 0 saturated heterocycles. The van der Waals surface area contributed by atoms with E-state index >= 15 is 0 Å². The molecule has 0 aliphatic rings. The molecule has 2 N–H and O–H groups in total. The molecule has 0 spiro atoms. The minimum atomic E-state index is -1.12. The SMILES string of the molecule is CC(=O)c1ccccc1C(=O)N[C@@H](CCS)C(=O)O. The van der Waals surface area contributed by atoms with Crippen LogP contribution in [0.2, 0.25) is 0 Å². The van der Waals surface area contributed by atoms with E-state index in [-0.39, 0.29) is 23.3 Å². The quantitative estimate of drug-likeness (QED) is 0.543. The number of hydrogen-bond donors (Lipinski definition) is 3. The number of ketones is 1. The van der Waals surface area contributed by atoms with Crippen molar-refractivity contribution in [3.8, 4) is 0 Å². The lowest BCUT2D eigenvalue weighted by molar-refractivity contribution is -0.139. The van der Waals surface area contributed by atoms with E-state index in [2.05, 4.69) is 17.9 Å². The molecule has 6 heteroatoms. The topological polar surface area (TPSA) is 83.5 Å². The average molecular weight is 281 g/mol. The van der Waals surface area contributed by atoms with Crippen LogP contribution in [0.15, 0.2) is 24.3 Å². The summed E-state index contributed by atoms with van der Waals surface area (Å²) in [5.74, 6) is -1.60. The normalized spacial score (nSPS) is 11.7. The van der Waals surface area contributed by atoms with Crippen molar-refractivity contribution in [3.05, 3.63) is 35.4 Å². The summed E-state index contributed by atoms with van der Waals surface area (Å²) >= 11 is 3.95. The third-order valence-electron chi connectivity index (χ3n) is 2.57. The highest BCUT2D eigenvalue weighted by atomic mass is 32.1. The van der Waals surface area contributed by atoms with Crippen LogP contribution < -0.4 is 5.32 Å². The lowest BCUT2D eigenvalue weighted by Gasteiger charge is -2.14. The molecule has 1 aromatic rings. The Balaban J connectivity index is 2.94. The van der Waals surface area contributed by atoms with E-state index in [4.69, 9.17) is 5.11 Å². The van der Waals surface area contributed by atoms with Crippen molar-refractivity contribution in [2.45, 2.75) is 19.4 Å². The molecule has 1 amide bonds. The monoisotopic (exact) mass is 281 g/mol. The van der Waals surface area contributed by atoms with Gasteiger partial charge in [-0.3, -0.25) is 9.59 Å². The van der Waals surface area contributed by atoms with E-state index in [9.17, 15) is 14.4 Å². The van der Waals surface area contributed by atoms with Crippen molar-refractivity contribution in [2.75, 3.05) is 5.75 Å². The number of nitrogens with one attached hydrogen (secondary N) is 1. The number of Topliss-reactive ketones (excluding diaryl/α,β-unsaturated/α-hetero) is 1. The summed E-state index contributed by atoms with van der Waals surface area (Å²) in [7, 11) is 0. The zero-order valence-corrected chi connectivity index (χ0v) is 11.3. The summed E-state index contributed by atoms with van der Waals surface area (Å²) in [4.78, 5) is 34.4. The fourth-order valence-electron chi connectivity index (χ4n) is 1.61. The molecule has 0 aromatic heterocycles. The van der Waals surface area contributed by atoms with Gasteiger partial charge in [0.05, 0.1) is 5.56 Å². The van der Waals surface area contributed by atoms with Crippen LogP contribution in [-0.4, -0.2) is 34.6 Å². The predicted octanol–water partition coefficient (Wildman–Crippen LogP) is 1.39. The van der Waals surface area contributed by atoms with Crippen LogP contribution in [0.4, 0.5) is 0 Å². The molecule has 0 bridgehead atoms. The third kappa shape index (κ3) is 4.10. The van der Waals surface area contributed by atoms with E-state index in [1.165, 1.54) is 19.1 Å². The van der Waals surface area contributed by atoms with Gasteiger partial charge in [-0.15, -0.1) is 0 Å². The van der Waals surface area contributed by atoms with Gasteiger partial charge in [-0.2, -0.15) is 12.6 Å².